The van der Waals surface area contributed by atoms with Gasteiger partial charge >= 0.3 is 6.03 Å². The summed E-state index contributed by atoms with van der Waals surface area (Å²) in [6.45, 7) is 12.7. The predicted octanol–water partition coefficient (Wildman–Crippen LogP) is 4.48. The largest absolute Gasteiger partial charge is 0.542 e. The summed E-state index contributed by atoms with van der Waals surface area (Å²) in [5.41, 5.74) is 0. The number of urea groups is 1. The normalized spacial score (nSPS) is 16.1. The molecule has 2 heterocycles. The van der Waals surface area contributed by atoms with Crippen molar-refractivity contribution in [3.63, 3.8) is 0 Å². The Morgan fingerprint density at radius 1 is 1.22 bits per heavy atom. The van der Waals surface area contributed by atoms with Gasteiger partial charge in [-0.15, -0.1) is 0 Å². The molecule has 1 fully saturated rings. The highest BCUT2D eigenvalue weighted by Crippen LogP contribution is 2.37. The third kappa shape index (κ3) is 4.70. The number of aromatic nitrogens is 1. The number of nitrogens with one attached hydrogen (secondary N) is 1. The van der Waals surface area contributed by atoms with E-state index in [-0.39, 0.29) is 11.1 Å². The number of rotatable bonds is 3. The van der Waals surface area contributed by atoms with E-state index in [1.54, 1.807) is 6.20 Å². The van der Waals surface area contributed by atoms with Crippen molar-refractivity contribution < 1.29 is 9.22 Å². The highest BCUT2D eigenvalue weighted by molar-refractivity contribution is 6.74. The second-order valence-electron chi connectivity index (χ2n) is 7.72. The Morgan fingerprint density at radius 2 is 1.87 bits per heavy atom. The third-order valence-corrected chi connectivity index (χ3v) is 9.15. The molecule has 1 aromatic heterocycles. The Morgan fingerprint density at radius 3 is 2.39 bits per heavy atom. The van der Waals surface area contributed by atoms with E-state index in [1.165, 1.54) is 6.42 Å². The molecule has 128 valence electrons. The summed E-state index contributed by atoms with van der Waals surface area (Å²) in [6.07, 6.45) is 5.08. The van der Waals surface area contributed by atoms with E-state index in [0.717, 1.165) is 31.7 Å². The average molecular weight is 336 g/mol. The van der Waals surface area contributed by atoms with E-state index in [2.05, 4.69) is 44.2 Å². The summed E-state index contributed by atoms with van der Waals surface area (Å²) >= 11 is 0. The smallest absolute Gasteiger partial charge is 0.323 e. The first kappa shape index (κ1) is 17.8. The van der Waals surface area contributed by atoms with Gasteiger partial charge in [-0.25, -0.2) is 9.78 Å². The Bertz CT molecular complexity index is 532. The lowest BCUT2D eigenvalue weighted by Gasteiger charge is -2.36. The number of carbonyl (C=O) groups excluding carboxylic acids is 1. The fourth-order valence-electron chi connectivity index (χ4n) is 2.25. The molecule has 1 aliphatic rings. The van der Waals surface area contributed by atoms with Crippen LogP contribution in [0, 0.1) is 0 Å². The predicted molar refractivity (Wildman–Crippen MR) is 96.5 cm³/mol. The summed E-state index contributed by atoms with van der Waals surface area (Å²) in [5, 5.41) is 3.01. The van der Waals surface area contributed by atoms with Crippen molar-refractivity contribution in [3.05, 3.63) is 18.3 Å². The lowest BCUT2D eigenvalue weighted by Crippen LogP contribution is -2.43. The van der Waals surface area contributed by atoms with Crippen LogP contribution in [-0.4, -0.2) is 37.3 Å². The first-order chi connectivity index (χ1) is 10.7. The standard InChI is InChI=1S/C17H29N3O2Si/c1-17(2,3)23(4,5)22-14-9-10-15(18-13-14)19-16(21)20-11-7-6-8-12-20/h9-10,13H,6-8,11-12H2,1-5H3,(H,18,19,21). The van der Waals surface area contributed by atoms with Gasteiger partial charge in [0, 0.05) is 13.1 Å². The molecule has 1 aliphatic heterocycles. The molecule has 6 heteroatoms. The van der Waals surface area contributed by atoms with Crippen LogP contribution in [0.2, 0.25) is 18.1 Å². The van der Waals surface area contributed by atoms with Crippen molar-refractivity contribution in [2.75, 3.05) is 18.4 Å². The number of piperidine rings is 1. The lowest BCUT2D eigenvalue weighted by atomic mass is 10.1. The van der Waals surface area contributed by atoms with Gasteiger partial charge in [-0.2, -0.15) is 0 Å². The third-order valence-electron chi connectivity index (χ3n) is 4.79. The van der Waals surface area contributed by atoms with E-state index in [0.29, 0.717) is 5.82 Å². The molecule has 5 nitrogen and oxygen atoms in total. The van der Waals surface area contributed by atoms with Gasteiger partial charge in [-0.3, -0.25) is 5.32 Å². The number of pyridine rings is 1. The van der Waals surface area contributed by atoms with E-state index in [4.69, 9.17) is 4.43 Å². The molecule has 0 atom stereocenters. The summed E-state index contributed by atoms with van der Waals surface area (Å²) in [6, 6.07) is 3.64. The maximum absolute atomic E-state index is 12.2. The second-order valence-corrected chi connectivity index (χ2v) is 12.4. The molecule has 1 N–H and O–H groups in total. The zero-order valence-corrected chi connectivity index (χ0v) is 16.0. The molecule has 0 spiro atoms. The minimum atomic E-state index is -1.86. The molecular weight excluding hydrogens is 306 g/mol. The fraction of sp³-hybridized carbons (Fsp3) is 0.647. The van der Waals surface area contributed by atoms with E-state index in [1.807, 2.05) is 17.0 Å². The zero-order valence-electron chi connectivity index (χ0n) is 15.0. The van der Waals surface area contributed by atoms with Gasteiger partial charge in [0.25, 0.3) is 8.32 Å². The van der Waals surface area contributed by atoms with Crippen LogP contribution in [0.5, 0.6) is 5.75 Å². The van der Waals surface area contributed by atoms with E-state index in [9.17, 15) is 4.79 Å². The van der Waals surface area contributed by atoms with Crippen molar-refractivity contribution in [2.24, 2.45) is 0 Å². The van der Waals surface area contributed by atoms with Crippen LogP contribution in [-0.2, 0) is 0 Å². The van der Waals surface area contributed by atoms with Gasteiger partial charge in [-0.05, 0) is 49.5 Å². The molecule has 0 bridgehead atoms. The van der Waals surface area contributed by atoms with Gasteiger partial charge in [0.05, 0.1) is 6.20 Å². The quantitative estimate of drug-likeness (QED) is 0.828. The second kappa shape index (κ2) is 6.91. The number of hydrogen-bond acceptors (Lipinski definition) is 3. The van der Waals surface area contributed by atoms with Crippen LogP contribution in [0.3, 0.4) is 0 Å². The summed E-state index contributed by atoms with van der Waals surface area (Å²) in [4.78, 5) is 18.3. The minimum absolute atomic E-state index is 0.0599. The van der Waals surface area contributed by atoms with Crippen molar-refractivity contribution in [1.29, 1.82) is 0 Å². The van der Waals surface area contributed by atoms with E-state index < -0.39 is 8.32 Å². The van der Waals surface area contributed by atoms with Gasteiger partial charge in [0.1, 0.15) is 11.6 Å². The number of nitrogens with zero attached hydrogens (tertiary/aromatic N) is 2. The maximum Gasteiger partial charge on any atom is 0.323 e. The Hall–Kier alpha value is -1.56. The Kier molecular flexibility index (Phi) is 5.34. The van der Waals surface area contributed by atoms with Crippen molar-refractivity contribution in [1.82, 2.24) is 9.88 Å². The number of carbonyl (C=O) groups is 1. The molecule has 23 heavy (non-hydrogen) atoms. The highest BCUT2D eigenvalue weighted by Gasteiger charge is 2.39. The molecule has 2 amide bonds. The average Bonchev–Trinajstić information content (AvgIpc) is 2.48. The van der Waals surface area contributed by atoms with Crippen LogP contribution < -0.4 is 9.74 Å². The number of likely N-dealkylation sites (tertiary alicyclic amines) is 1. The van der Waals surface area contributed by atoms with Gasteiger partial charge in [0.2, 0.25) is 0 Å². The monoisotopic (exact) mass is 335 g/mol. The summed E-state index contributed by atoms with van der Waals surface area (Å²) in [7, 11) is -1.86. The van der Waals surface area contributed by atoms with Crippen molar-refractivity contribution in [2.45, 2.75) is 58.2 Å². The number of anilines is 1. The van der Waals surface area contributed by atoms with Gasteiger partial charge in [0.15, 0.2) is 0 Å². The molecule has 0 aromatic carbocycles. The van der Waals surface area contributed by atoms with Gasteiger partial charge < -0.3 is 9.33 Å². The van der Waals surface area contributed by atoms with Crippen molar-refractivity contribution in [3.8, 4) is 5.75 Å². The Labute approximate surface area is 140 Å². The minimum Gasteiger partial charge on any atom is -0.542 e. The van der Waals surface area contributed by atoms with Gasteiger partial charge in [-0.1, -0.05) is 20.8 Å². The fourth-order valence-corrected chi connectivity index (χ4v) is 3.26. The maximum atomic E-state index is 12.2. The Balaban J connectivity index is 1.95. The molecule has 0 saturated carbocycles. The molecule has 0 aliphatic carbocycles. The molecule has 2 rings (SSSR count). The lowest BCUT2D eigenvalue weighted by molar-refractivity contribution is 0.200. The SMILES string of the molecule is CC(C)(C)[Si](C)(C)Oc1ccc(NC(=O)N2CCCCC2)nc1. The first-order valence-corrected chi connectivity index (χ1v) is 11.3. The number of amides is 2. The topological polar surface area (TPSA) is 54.5 Å². The van der Waals surface area contributed by atoms with Crippen LogP contribution >= 0.6 is 0 Å². The molecule has 0 unspecified atom stereocenters. The summed E-state index contributed by atoms with van der Waals surface area (Å²) < 4.78 is 6.20. The number of hydrogen-bond donors (Lipinski definition) is 1. The molecule has 1 aromatic rings. The van der Waals surface area contributed by atoms with Crippen LogP contribution in [0.25, 0.3) is 0 Å². The highest BCUT2D eigenvalue weighted by atomic mass is 28.4. The van der Waals surface area contributed by atoms with E-state index >= 15 is 0 Å². The zero-order chi connectivity index (χ0) is 17.1. The van der Waals surface area contributed by atoms with Crippen LogP contribution in [0.1, 0.15) is 40.0 Å². The summed E-state index contributed by atoms with van der Waals surface area (Å²) in [5.74, 6) is 1.34. The first-order valence-electron chi connectivity index (χ1n) is 8.40. The molecular formula is C17H29N3O2Si. The van der Waals surface area contributed by atoms with Crippen LogP contribution in [0.4, 0.5) is 10.6 Å². The molecule has 0 radical (unpaired) electrons. The molecule has 1 saturated heterocycles. The van der Waals surface area contributed by atoms with Crippen LogP contribution in [0.15, 0.2) is 18.3 Å². The van der Waals surface area contributed by atoms with Crippen molar-refractivity contribution >= 4 is 20.2 Å².